The molecule has 0 bridgehead atoms. The first-order valence-electron chi connectivity index (χ1n) is 4.12. The molecule has 74 valence electrons. The second-order valence-electron chi connectivity index (χ2n) is 2.83. The van der Waals surface area contributed by atoms with Gasteiger partial charge in [0.05, 0.1) is 16.3 Å². The summed E-state index contributed by atoms with van der Waals surface area (Å²) in [6.07, 6.45) is 1.76. The summed E-state index contributed by atoms with van der Waals surface area (Å²) in [7, 11) is 0. The van der Waals surface area contributed by atoms with Gasteiger partial charge < -0.3 is 0 Å². The van der Waals surface area contributed by atoms with Crippen molar-refractivity contribution >= 4 is 27.5 Å². The van der Waals surface area contributed by atoms with E-state index in [1.54, 1.807) is 35.1 Å². The van der Waals surface area contributed by atoms with Gasteiger partial charge >= 0.3 is 0 Å². The standard InChI is InChI=1S/C10H5BrClN3/c11-10-4-5-15(14-10)9-3-1-2-8(12)7(9)6-13/h1-5H. The summed E-state index contributed by atoms with van der Waals surface area (Å²) in [4.78, 5) is 0. The Morgan fingerprint density at radius 3 is 2.80 bits per heavy atom. The molecular formula is C10H5BrClN3. The Hall–Kier alpha value is -1.31. The van der Waals surface area contributed by atoms with E-state index in [0.29, 0.717) is 20.9 Å². The molecule has 0 aliphatic heterocycles. The lowest BCUT2D eigenvalue weighted by Crippen LogP contribution is -1.98. The molecule has 5 heteroatoms. The number of nitrogens with zero attached hydrogens (tertiary/aromatic N) is 3. The van der Waals surface area contributed by atoms with Crippen LogP contribution in [0.4, 0.5) is 0 Å². The molecule has 0 aliphatic rings. The molecule has 0 saturated carbocycles. The van der Waals surface area contributed by atoms with E-state index in [0.717, 1.165) is 0 Å². The van der Waals surface area contributed by atoms with Crippen molar-refractivity contribution in [1.82, 2.24) is 9.78 Å². The predicted molar refractivity (Wildman–Crippen MR) is 61.0 cm³/mol. The Morgan fingerprint density at radius 2 is 2.20 bits per heavy atom. The van der Waals surface area contributed by atoms with E-state index in [-0.39, 0.29) is 0 Å². The third-order valence-electron chi connectivity index (χ3n) is 1.91. The van der Waals surface area contributed by atoms with Crippen LogP contribution in [0.2, 0.25) is 5.02 Å². The first-order valence-corrected chi connectivity index (χ1v) is 5.29. The summed E-state index contributed by atoms with van der Waals surface area (Å²) in [5.74, 6) is 0. The van der Waals surface area contributed by atoms with Crippen molar-refractivity contribution in [3.63, 3.8) is 0 Å². The van der Waals surface area contributed by atoms with Crippen molar-refractivity contribution < 1.29 is 0 Å². The highest BCUT2D eigenvalue weighted by molar-refractivity contribution is 9.10. The lowest BCUT2D eigenvalue weighted by molar-refractivity contribution is 0.867. The quantitative estimate of drug-likeness (QED) is 0.806. The molecule has 0 saturated heterocycles. The molecule has 1 heterocycles. The van der Waals surface area contributed by atoms with Crippen molar-refractivity contribution in [1.29, 1.82) is 5.26 Å². The van der Waals surface area contributed by atoms with E-state index in [4.69, 9.17) is 16.9 Å². The largest absolute Gasteiger partial charge is 0.238 e. The molecule has 1 aromatic heterocycles. The molecule has 2 aromatic rings. The van der Waals surface area contributed by atoms with Crippen LogP contribution in [0.3, 0.4) is 0 Å². The molecule has 0 unspecified atom stereocenters. The number of nitriles is 1. The topological polar surface area (TPSA) is 41.6 Å². The number of hydrogen-bond donors (Lipinski definition) is 0. The SMILES string of the molecule is N#Cc1c(Cl)cccc1-n1ccc(Br)n1. The van der Waals surface area contributed by atoms with Gasteiger partial charge in [0.15, 0.2) is 0 Å². The molecular weight excluding hydrogens is 277 g/mol. The average Bonchev–Trinajstić information content (AvgIpc) is 2.64. The van der Waals surface area contributed by atoms with Crippen LogP contribution in [0.5, 0.6) is 0 Å². The summed E-state index contributed by atoms with van der Waals surface area (Å²) >= 11 is 9.16. The van der Waals surface area contributed by atoms with E-state index < -0.39 is 0 Å². The van der Waals surface area contributed by atoms with Gasteiger partial charge in [-0.2, -0.15) is 10.4 Å². The molecule has 0 spiro atoms. The highest BCUT2D eigenvalue weighted by Crippen LogP contribution is 2.22. The summed E-state index contributed by atoms with van der Waals surface area (Å²) in [6.45, 7) is 0. The van der Waals surface area contributed by atoms with E-state index in [9.17, 15) is 0 Å². The van der Waals surface area contributed by atoms with Gasteiger partial charge in [0.25, 0.3) is 0 Å². The number of halogens is 2. The summed E-state index contributed by atoms with van der Waals surface area (Å²) in [6, 6.07) is 9.12. The Labute approximate surface area is 100 Å². The fourth-order valence-corrected chi connectivity index (χ4v) is 1.75. The minimum atomic E-state index is 0.426. The molecule has 0 amide bonds. The Balaban J connectivity index is 2.63. The van der Waals surface area contributed by atoms with E-state index in [2.05, 4.69) is 27.1 Å². The molecule has 3 nitrogen and oxygen atoms in total. The van der Waals surface area contributed by atoms with Gasteiger partial charge in [-0.05, 0) is 34.1 Å². The minimum absolute atomic E-state index is 0.426. The highest BCUT2D eigenvalue weighted by atomic mass is 79.9. The third-order valence-corrected chi connectivity index (χ3v) is 2.64. The normalized spacial score (nSPS) is 9.93. The molecule has 1 aromatic carbocycles. The van der Waals surface area contributed by atoms with Crippen molar-refractivity contribution in [2.45, 2.75) is 0 Å². The fourth-order valence-electron chi connectivity index (χ4n) is 1.25. The number of hydrogen-bond acceptors (Lipinski definition) is 2. The van der Waals surface area contributed by atoms with Crippen LogP contribution in [-0.2, 0) is 0 Å². The Kier molecular flexibility index (Phi) is 2.76. The van der Waals surface area contributed by atoms with Crippen LogP contribution in [0.15, 0.2) is 35.1 Å². The first-order chi connectivity index (χ1) is 7.22. The van der Waals surface area contributed by atoms with Gasteiger partial charge in [-0.25, -0.2) is 4.68 Å². The zero-order valence-electron chi connectivity index (χ0n) is 7.48. The van der Waals surface area contributed by atoms with Crippen LogP contribution in [0, 0.1) is 11.3 Å². The Morgan fingerprint density at radius 1 is 1.40 bits per heavy atom. The average molecular weight is 283 g/mol. The van der Waals surface area contributed by atoms with Crippen LogP contribution >= 0.6 is 27.5 Å². The monoisotopic (exact) mass is 281 g/mol. The zero-order valence-corrected chi connectivity index (χ0v) is 9.83. The van der Waals surface area contributed by atoms with Gasteiger partial charge in [0.2, 0.25) is 0 Å². The number of benzene rings is 1. The summed E-state index contributed by atoms with van der Waals surface area (Å²) in [5, 5.41) is 13.6. The zero-order chi connectivity index (χ0) is 10.8. The molecule has 2 rings (SSSR count). The van der Waals surface area contributed by atoms with Gasteiger partial charge in [-0.1, -0.05) is 17.7 Å². The molecule has 15 heavy (non-hydrogen) atoms. The minimum Gasteiger partial charge on any atom is -0.238 e. The van der Waals surface area contributed by atoms with E-state index in [1.165, 1.54) is 0 Å². The Bertz CT molecular complexity index is 542. The lowest BCUT2D eigenvalue weighted by atomic mass is 10.2. The molecule has 0 atom stereocenters. The van der Waals surface area contributed by atoms with Crippen LogP contribution in [0.25, 0.3) is 5.69 Å². The summed E-state index contributed by atoms with van der Waals surface area (Å²) in [5.41, 5.74) is 1.10. The van der Waals surface area contributed by atoms with Crippen molar-refractivity contribution in [3.8, 4) is 11.8 Å². The first kappa shape index (κ1) is 10.2. The highest BCUT2D eigenvalue weighted by Gasteiger charge is 2.08. The van der Waals surface area contributed by atoms with Crippen molar-refractivity contribution in [3.05, 3.63) is 45.7 Å². The number of rotatable bonds is 1. The van der Waals surface area contributed by atoms with Crippen molar-refractivity contribution in [2.75, 3.05) is 0 Å². The van der Waals surface area contributed by atoms with Gasteiger partial charge in [0, 0.05) is 6.20 Å². The molecule has 0 radical (unpaired) electrons. The second kappa shape index (κ2) is 4.05. The molecule has 0 N–H and O–H groups in total. The van der Waals surface area contributed by atoms with Crippen LogP contribution in [0.1, 0.15) is 5.56 Å². The van der Waals surface area contributed by atoms with Gasteiger partial charge in [-0.15, -0.1) is 0 Å². The summed E-state index contributed by atoms with van der Waals surface area (Å²) < 4.78 is 2.32. The van der Waals surface area contributed by atoms with Gasteiger partial charge in [-0.3, -0.25) is 0 Å². The lowest BCUT2D eigenvalue weighted by Gasteiger charge is -2.04. The van der Waals surface area contributed by atoms with E-state index in [1.807, 2.05) is 0 Å². The van der Waals surface area contributed by atoms with Crippen LogP contribution < -0.4 is 0 Å². The van der Waals surface area contributed by atoms with Gasteiger partial charge in [0.1, 0.15) is 10.7 Å². The maximum atomic E-state index is 8.98. The maximum Gasteiger partial charge on any atom is 0.128 e. The van der Waals surface area contributed by atoms with E-state index >= 15 is 0 Å². The second-order valence-corrected chi connectivity index (χ2v) is 4.05. The predicted octanol–water partition coefficient (Wildman–Crippen LogP) is 3.16. The fraction of sp³-hybridized carbons (Fsp3) is 0. The molecule has 0 fully saturated rings. The van der Waals surface area contributed by atoms with Crippen LogP contribution in [-0.4, -0.2) is 9.78 Å². The van der Waals surface area contributed by atoms with Crippen molar-refractivity contribution in [2.24, 2.45) is 0 Å². The number of aromatic nitrogens is 2. The maximum absolute atomic E-state index is 8.98. The smallest absolute Gasteiger partial charge is 0.128 e. The molecule has 0 aliphatic carbocycles. The third kappa shape index (κ3) is 1.89.